The van der Waals surface area contributed by atoms with E-state index in [0.717, 1.165) is 16.9 Å². The number of halogens is 2. The molecule has 10 heteroatoms. The Balaban J connectivity index is 1.70. The van der Waals surface area contributed by atoms with Gasteiger partial charge >= 0.3 is 0 Å². The predicted octanol–water partition coefficient (Wildman–Crippen LogP) is 5.92. The summed E-state index contributed by atoms with van der Waals surface area (Å²) < 4.78 is 16.7. The van der Waals surface area contributed by atoms with Crippen molar-refractivity contribution in [3.05, 3.63) is 87.2 Å². The van der Waals surface area contributed by atoms with E-state index in [2.05, 4.69) is 16.5 Å². The monoisotopic (exact) mass is 601 g/mol. The van der Waals surface area contributed by atoms with Crippen molar-refractivity contribution in [2.75, 3.05) is 18.0 Å². The summed E-state index contributed by atoms with van der Waals surface area (Å²) in [5.74, 6) is -1.11. The molecule has 0 spiro atoms. The van der Waals surface area contributed by atoms with Crippen molar-refractivity contribution in [3.63, 3.8) is 0 Å². The number of nitrogens with zero attached hydrogens (tertiary/aromatic N) is 5. The van der Waals surface area contributed by atoms with Crippen LogP contribution in [0.2, 0.25) is 5.02 Å². The molecule has 1 amide bonds. The number of anilines is 1. The Morgan fingerprint density at radius 2 is 2.00 bits per heavy atom. The van der Waals surface area contributed by atoms with E-state index in [4.69, 9.17) is 16.6 Å². The fourth-order valence-corrected chi connectivity index (χ4v) is 6.83. The van der Waals surface area contributed by atoms with Crippen LogP contribution in [0.4, 0.5) is 10.1 Å². The Bertz CT molecular complexity index is 1850. The van der Waals surface area contributed by atoms with Gasteiger partial charge in [-0.05, 0) is 68.5 Å². The van der Waals surface area contributed by atoms with Gasteiger partial charge in [-0.15, -0.1) is 0 Å². The molecule has 43 heavy (non-hydrogen) atoms. The Morgan fingerprint density at radius 1 is 1.23 bits per heavy atom. The van der Waals surface area contributed by atoms with Gasteiger partial charge in [-0.25, -0.2) is 9.37 Å². The normalized spacial score (nSPS) is 18.1. The molecule has 2 atom stereocenters. The number of aryl methyl sites for hydroxylation is 1. The van der Waals surface area contributed by atoms with E-state index < -0.39 is 5.82 Å². The van der Waals surface area contributed by atoms with Crippen molar-refractivity contribution in [1.82, 2.24) is 19.4 Å². The molecule has 0 radical (unpaired) electrons. The molecule has 2 aliphatic rings. The van der Waals surface area contributed by atoms with E-state index >= 15 is 4.39 Å². The first-order valence-corrected chi connectivity index (χ1v) is 14.8. The van der Waals surface area contributed by atoms with Gasteiger partial charge in [-0.2, -0.15) is 0 Å². The van der Waals surface area contributed by atoms with E-state index in [1.807, 2.05) is 38.7 Å². The second-order valence-corrected chi connectivity index (χ2v) is 12.1. The van der Waals surface area contributed by atoms with Crippen molar-refractivity contribution in [1.29, 1.82) is 0 Å². The zero-order valence-corrected chi connectivity index (χ0v) is 25.3. The van der Waals surface area contributed by atoms with Gasteiger partial charge < -0.3 is 14.9 Å². The van der Waals surface area contributed by atoms with Gasteiger partial charge in [0.15, 0.2) is 0 Å². The topological polar surface area (TPSA) is 91.6 Å². The standard InChI is InChI=1S/C33H33ClFN5O3/c1-6-26(42)38-16-20-10-11-21-31(39(20)15-19(38)5)22-14-23(34)29(27-24(35)8-7-9-25(27)41)37-32(22)40(33(21)43)30-18(4)12-13-36-28(30)17(2)3/h6-9,12-14,17,19-20,41H,1,10-11,15-16H2,2-5H3. The first kappa shape index (κ1) is 28.9. The molecular formula is C33H33ClFN5O3. The van der Waals surface area contributed by atoms with Crippen LogP contribution < -0.4 is 10.5 Å². The van der Waals surface area contributed by atoms with Crippen LogP contribution >= 0.6 is 11.6 Å². The predicted molar refractivity (Wildman–Crippen MR) is 167 cm³/mol. The van der Waals surface area contributed by atoms with Crippen LogP contribution in [0.5, 0.6) is 5.75 Å². The number of amides is 1. The van der Waals surface area contributed by atoms with E-state index in [9.17, 15) is 14.7 Å². The quantitative estimate of drug-likeness (QED) is 0.292. The molecule has 2 unspecified atom stereocenters. The fraction of sp³-hybridized carbons (Fsp3) is 0.333. The molecule has 2 aliphatic heterocycles. The highest BCUT2D eigenvalue weighted by atomic mass is 35.5. The average molecular weight is 602 g/mol. The molecule has 1 aromatic carbocycles. The number of phenols is 1. The summed E-state index contributed by atoms with van der Waals surface area (Å²) in [7, 11) is 0. The summed E-state index contributed by atoms with van der Waals surface area (Å²) in [6.45, 7) is 12.6. The summed E-state index contributed by atoms with van der Waals surface area (Å²) in [4.78, 5) is 40.8. The van der Waals surface area contributed by atoms with Gasteiger partial charge in [0.2, 0.25) is 5.91 Å². The average Bonchev–Trinajstić information content (AvgIpc) is 2.97. The molecule has 8 nitrogen and oxygen atoms in total. The number of carbonyl (C=O) groups excluding carboxylic acids is 1. The van der Waals surface area contributed by atoms with E-state index in [1.165, 1.54) is 24.3 Å². The van der Waals surface area contributed by atoms with Gasteiger partial charge in [-0.1, -0.05) is 38.1 Å². The lowest BCUT2D eigenvalue weighted by atomic mass is 9.91. The first-order valence-electron chi connectivity index (χ1n) is 14.4. The summed E-state index contributed by atoms with van der Waals surface area (Å²) in [5.41, 5.74) is 3.53. The number of carbonyl (C=O) groups is 1. The summed E-state index contributed by atoms with van der Waals surface area (Å²) in [6.07, 6.45) is 4.25. The van der Waals surface area contributed by atoms with Crippen molar-refractivity contribution in [2.45, 2.75) is 58.5 Å². The SMILES string of the molecule is C=CC(=O)N1CC2CCc3c(c4cc(Cl)c(-c5c(O)cccc5F)nc4n(-c4c(C)ccnc4C(C)C)c3=O)N2CC1C. The number of fused-ring (bicyclic) bond motifs is 5. The van der Waals surface area contributed by atoms with Gasteiger partial charge in [0.1, 0.15) is 17.2 Å². The van der Waals surface area contributed by atoms with E-state index in [0.29, 0.717) is 48.2 Å². The lowest BCUT2D eigenvalue weighted by Gasteiger charge is -2.49. The van der Waals surface area contributed by atoms with Crippen LogP contribution in [0.1, 0.15) is 49.9 Å². The largest absolute Gasteiger partial charge is 0.507 e. The highest BCUT2D eigenvalue weighted by Gasteiger charge is 2.39. The maximum atomic E-state index is 15.1. The van der Waals surface area contributed by atoms with Crippen LogP contribution in [0, 0.1) is 12.7 Å². The van der Waals surface area contributed by atoms with E-state index in [1.54, 1.807) is 16.8 Å². The number of phenolic OH excluding ortho intramolecular Hbond substituents is 1. The van der Waals surface area contributed by atoms with Crippen LogP contribution in [0.3, 0.4) is 0 Å². The number of pyridine rings is 3. The highest BCUT2D eigenvalue weighted by Crippen LogP contribution is 2.43. The number of aromatic nitrogens is 3. The Hall–Kier alpha value is -4.24. The lowest BCUT2D eigenvalue weighted by molar-refractivity contribution is -0.129. The number of aromatic hydroxyl groups is 1. The smallest absolute Gasteiger partial charge is 0.262 e. The number of piperazine rings is 1. The maximum absolute atomic E-state index is 15.1. The Labute approximate surface area is 254 Å². The third-order valence-electron chi connectivity index (χ3n) is 8.64. The maximum Gasteiger partial charge on any atom is 0.262 e. The van der Waals surface area contributed by atoms with Gasteiger partial charge in [-0.3, -0.25) is 19.1 Å². The molecule has 3 aromatic heterocycles. The minimum Gasteiger partial charge on any atom is -0.507 e. The lowest BCUT2D eigenvalue weighted by Crippen LogP contribution is -2.60. The van der Waals surface area contributed by atoms with Crippen molar-refractivity contribution >= 4 is 34.2 Å². The Morgan fingerprint density at radius 3 is 2.70 bits per heavy atom. The second-order valence-electron chi connectivity index (χ2n) is 11.7. The fourth-order valence-electron chi connectivity index (χ4n) is 6.58. The molecule has 222 valence electrons. The second kappa shape index (κ2) is 10.8. The van der Waals surface area contributed by atoms with Crippen molar-refractivity contribution in [3.8, 4) is 22.7 Å². The van der Waals surface area contributed by atoms with Crippen LogP contribution in [0.25, 0.3) is 28.0 Å². The molecule has 6 rings (SSSR count). The number of rotatable bonds is 4. The summed E-state index contributed by atoms with van der Waals surface area (Å²) in [6, 6.07) is 7.43. The Kier molecular flexibility index (Phi) is 7.24. The minimum absolute atomic E-state index is 0.00373. The molecule has 1 saturated heterocycles. The third kappa shape index (κ3) is 4.57. The zero-order chi connectivity index (χ0) is 30.7. The number of hydrogen-bond acceptors (Lipinski definition) is 6. The summed E-state index contributed by atoms with van der Waals surface area (Å²) in [5, 5.41) is 11.4. The van der Waals surface area contributed by atoms with Crippen LogP contribution in [-0.2, 0) is 11.2 Å². The molecule has 0 bridgehead atoms. The molecule has 1 fully saturated rings. The summed E-state index contributed by atoms with van der Waals surface area (Å²) >= 11 is 6.84. The van der Waals surface area contributed by atoms with Gasteiger partial charge in [0, 0.05) is 42.3 Å². The van der Waals surface area contributed by atoms with Crippen molar-refractivity contribution in [2.24, 2.45) is 0 Å². The van der Waals surface area contributed by atoms with Crippen molar-refractivity contribution < 1.29 is 14.3 Å². The molecule has 5 heterocycles. The van der Waals surface area contributed by atoms with E-state index in [-0.39, 0.29) is 51.5 Å². The van der Waals surface area contributed by atoms with Gasteiger partial charge in [0.25, 0.3) is 5.56 Å². The van der Waals surface area contributed by atoms with Crippen LogP contribution in [-0.4, -0.2) is 55.6 Å². The minimum atomic E-state index is -0.682. The first-order chi connectivity index (χ1) is 20.5. The molecule has 0 aliphatic carbocycles. The zero-order valence-electron chi connectivity index (χ0n) is 24.6. The third-order valence-corrected chi connectivity index (χ3v) is 8.92. The molecule has 0 saturated carbocycles. The van der Waals surface area contributed by atoms with Crippen LogP contribution in [0.15, 0.2) is 54.0 Å². The molecule has 4 aromatic rings. The number of benzene rings is 1. The van der Waals surface area contributed by atoms with Gasteiger partial charge in [0.05, 0.1) is 33.3 Å². The molecular weight excluding hydrogens is 569 g/mol. The highest BCUT2D eigenvalue weighted by molar-refractivity contribution is 6.34. The number of hydrogen-bond donors (Lipinski definition) is 1. The molecule has 1 N–H and O–H groups in total.